The number of nitrogens with zero attached hydrogens (tertiary/aromatic N) is 1. The molecule has 0 bridgehead atoms. The van der Waals surface area contributed by atoms with Gasteiger partial charge in [-0.05, 0) is 17.7 Å². The first-order valence-electron chi connectivity index (χ1n) is 5.29. The molecule has 1 heterocycles. The van der Waals surface area contributed by atoms with Crippen LogP contribution >= 0.6 is 0 Å². The fourth-order valence-corrected chi connectivity index (χ4v) is 1.67. The molecule has 0 radical (unpaired) electrons. The van der Waals surface area contributed by atoms with Gasteiger partial charge in [0.05, 0.1) is 6.10 Å². The third-order valence-corrected chi connectivity index (χ3v) is 2.62. The molecule has 1 aromatic carbocycles. The highest BCUT2D eigenvalue weighted by Crippen LogP contribution is 2.22. The average molecular weight is 232 g/mol. The van der Waals surface area contributed by atoms with Crippen LogP contribution in [0.5, 0.6) is 0 Å². The molecule has 1 unspecified atom stereocenters. The van der Waals surface area contributed by atoms with E-state index in [1.54, 1.807) is 36.7 Å². The Morgan fingerprint density at radius 1 is 1.29 bits per heavy atom. The van der Waals surface area contributed by atoms with Gasteiger partial charge in [-0.25, -0.2) is 4.39 Å². The van der Waals surface area contributed by atoms with Crippen LogP contribution < -0.4 is 5.73 Å². The summed E-state index contributed by atoms with van der Waals surface area (Å²) in [6.45, 7) is 0. The number of nitrogen functional groups attached to an aromatic ring is 1. The molecular weight excluding hydrogens is 219 g/mol. The molecule has 1 atom stereocenters. The Balaban J connectivity index is 2.20. The molecule has 0 saturated carbocycles. The van der Waals surface area contributed by atoms with Gasteiger partial charge >= 0.3 is 0 Å². The van der Waals surface area contributed by atoms with E-state index >= 15 is 0 Å². The summed E-state index contributed by atoms with van der Waals surface area (Å²) in [6, 6.07) is 7.82. The first kappa shape index (κ1) is 11.5. The Labute approximate surface area is 98.7 Å². The number of hydrogen-bond acceptors (Lipinski definition) is 3. The Morgan fingerprint density at radius 2 is 2.06 bits per heavy atom. The van der Waals surface area contributed by atoms with Gasteiger partial charge in [0.2, 0.25) is 0 Å². The van der Waals surface area contributed by atoms with Crippen molar-refractivity contribution in [2.45, 2.75) is 12.5 Å². The van der Waals surface area contributed by atoms with E-state index in [4.69, 9.17) is 5.73 Å². The van der Waals surface area contributed by atoms with Gasteiger partial charge in [0.1, 0.15) is 5.82 Å². The van der Waals surface area contributed by atoms with Gasteiger partial charge in [0.15, 0.2) is 0 Å². The maximum absolute atomic E-state index is 13.4. The maximum atomic E-state index is 13.4. The van der Waals surface area contributed by atoms with Gasteiger partial charge in [-0.15, -0.1) is 0 Å². The van der Waals surface area contributed by atoms with Crippen LogP contribution in [0.25, 0.3) is 0 Å². The minimum Gasteiger partial charge on any atom is -0.398 e. The fraction of sp³-hybridized carbons (Fsp3) is 0.154. The molecule has 0 aliphatic rings. The van der Waals surface area contributed by atoms with Crippen LogP contribution in [0.3, 0.4) is 0 Å². The van der Waals surface area contributed by atoms with Crippen LogP contribution in [-0.2, 0) is 6.42 Å². The van der Waals surface area contributed by atoms with E-state index < -0.39 is 11.9 Å². The van der Waals surface area contributed by atoms with Gasteiger partial charge in [-0.3, -0.25) is 4.98 Å². The van der Waals surface area contributed by atoms with Gasteiger partial charge < -0.3 is 10.8 Å². The topological polar surface area (TPSA) is 59.1 Å². The van der Waals surface area contributed by atoms with Crippen LogP contribution in [0.4, 0.5) is 10.1 Å². The molecule has 17 heavy (non-hydrogen) atoms. The Kier molecular flexibility index (Phi) is 3.35. The minimum atomic E-state index is -0.914. The number of halogens is 1. The molecule has 88 valence electrons. The molecule has 0 spiro atoms. The van der Waals surface area contributed by atoms with Crippen molar-refractivity contribution in [1.82, 2.24) is 4.98 Å². The maximum Gasteiger partial charge on any atom is 0.129 e. The first-order chi connectivity index (χ1) is 8.18. The smallest absolute Gasteiger partial charge is 0.129 e. The van der Waals surface area contributed by atoms with E-state index in [2.05, 4.69) is 4.98 Å². The van der Waals surface area contributed by atoms with Crippen molar-refractivity contribution >= 4 is 5.69 Å². The summed E-state index contributed by atoms with van der Waals surface area (Å²) < 4.78 is 13.4. The highest BCUT2D eigenvalue weighted by molar-refractivity contribution is 5.45. The van der Waals surface area contributed by atoms with Gasteiger partial charge in [-0.1, -0.05) is 18.2 Å². The lowest BCUT2D eigenvalue weighted by Crippen LogP contribution is -2.06. The predicted octanol–water partition coefficient (Wildman–Crippen LogP) is 2.08. The van der Waals surface area contributed by atoms with Crippen molar-refractivity contribution in [2.75, 3.05) is 5.73 Å². The number of hydrogen-bond donors (Lipinski definition) is 2. The number of anilines is 1. The molecule has 0 aliphatic carbocycles. The van der Waals surface area contributed by atoms with Crippen molar-refractivity contribution in [3.63, 3.8) is 0 Å². The lowest BCUT2D eigenvalue weighted by Gasteiger charge is -2.12. The summed E-state index contributed by atoms with van der Waals surface area (Å²) in [5.41, 5.74) is 7.28. The molecule has 2 aromatic rings. The zero-order valence-electron chi connectivity index (χ0n) is 9.18. The largest absolute Gasteiger partial charge is 0.398 e. The average Bonchev–Trinajstić information content (AvgIpc) is 2.32. The molecular formula is C13H13FN2O. The van der Waals surface area contributed by atoms with E-state index in [0.717, 1.165) is 0 Å². The quantitative estimate of drug-likeness (QED) is 0.851. The standard InChI is InChI=1S/C13H13FN2O/c14-11-4-2-1-3-10(11)13(17)7-9-8-16-6-5-12(9)15/h1-6,8,13,17H,7H2,(H2,15,16). The normalized spacial score (nSPS) is 12.4. The molecule has 0 amide bonds. The SMILES string of the molecule is Nc1ccncc1CC(O)c1ccccc1F. The summed E-state index contributed by atoms with van der Waals surface area (Å²) >= 11 is 0. The lowest BCUT2D eigenvalue weighted by atomic mass is 10.0. The minimum absolute atomic E-state index is 0.251. The Hall–Kier alpha value is -1.94. The first-order valence-corrected chi connectivity index (χ1v) is 5.29. The second-order valence-corrected chi connectivity index (χ2v) is 3.82. The van der Waals surface area contributed by atoms with Crippen molar-refractivity contribution < 1.29 is 9.50 Å². The fourth-order valence-electron chi connectivity index (χ4n) is 1.67. The third kappa shape index (κ3) is 2.60. The number of aliphatic hydroxyl groups excluding tert-OH is 1. The number of rotatable bonds is 3. The molecule has 0 fully saturated rings. The number of pyridine rings is 1. The van der Waals surface area contributed by atoms with E-state index in [0.29, 0.717) is 11.3 Å². The number of nitrogens with two attached hydrogens (primary N) is 1. The Morgan fingerprint density at radius 3 is 2.76 bits per heavy atom. The lowest BCUT2D eigenvalue weighted by molar-refractivity contribution is 0.173. The summed E-state index contributed by atoms with van der Waals surface area (Å²) in [5.74, 6) is -0.414. The summed E-state index contributed by atoms with van der Waals surface area (Å²) in [5, 5.41) is 9.96. The number of aliphatic hydroxyl groups is 1. The molecule has 4 heteroatoms. The van der Waals surface area contributed by atoms with Gasteiger partial charge in [0.25, 0.3) is 0 Å². The van der Waals surface area contributed by atoms with Crippen LogP contribution in [0.2, 0.25) is 0 Å². The van der Waals surface area contributed by atoms with E-state index in [9.17, 15) is 9.50 Å². The molecule has 2 rings (SSSR count). The van der Waals surface area contributed by atoms with E-state index in [-0.39, 0.29) is 12.0 Å². The second-order valence-electron chi connectivity index (χ2n) is 3.82. The van der Waals surface area contributed by atoms with Crippen LogP contribution in [0.15, 0.2) is 42.7 Å². The predicted molar refractivity (Wildman–Crippen MR) is 63.7 cm³/mol. The van der Waals surface area contributed by atoms with Gasteiger partial charge in [-0.2, -0.15) is 0 Å². The Bertz CT molecular complexity index is 516. The molecule has 0 aliphatic heterocycles. The highest BCUT2D eigenvalue weighted by Gasteiger charge is 2.14. The zero-order valence-corrected chi connectivity index (χ0v) is 9.18. The number of benzene rings is 1. The van der Waals surface area contributed by atoms with Crippen molar-refractivity contribution in [3.05, 3.63) is 59.7 Å². The third-order valence-electron chi connectivity index (χ3n) is 2.62. The molecule has 0 saturated heterocycles. The van der Waals surface area contributed by atoms with E-state index in [1.807, 2.05) is 0 Å². The van der Waals surface area contributed by atoms with Crippen LogP contribution in [0.1, 0.15) is 17.2 Å². The van der Waals surface area contributed by atoms with E-state index in [1.165, 1.54) is 6.07 Å². The monoisotopic (exact) mass is 232 g/mol. The molecule has 1 aromatic heterocycles. The van der Waals surface area contributed by atoms with Crippen LogP contribution in [0, 0.1) is 5.82 Å². The highest BCUT2D eigenvalue weighted by atomic mass is 19.1. The van der Waals surface area contributed by atoms with Crippen molar-refractivity contribution in [3.8, 4) is 0 Å². The van der Waals surface area contributed by atoms with Crippen molar-refractivity contribution in [1.29, 1.82) is 0 Å². The second kappa shape index (κ2) is 4.93. The molecule has 3 N–H and O–H groups in total. The summed E-state index contributed by atoms with van der Waals surface area (Å²) in [4.78, 5) is 3.93. The van der Waals surface area contributed by atoms with Crippen LogP contribution in [-0.4, -0.2) is 10.1 Å². The zero-order chi connectivity index (χ0) is 12.3. The summed E-state index contributed by atoms with van der Waals surface area (Å²) in [7, 11) is 0. The number of aromatic nitrogens is 1. The molecule has 3 nitrogen and oxygen atoms in total. The van der Waals surface area contributed by atoms with Crippen molar-refractivity contribution in [2.24, 2.45) is 0 Å². The van der Waals surface area contributed by atoms with Gasteiger partial charge in [0, 0.05) is 30.1 Å². The summed E-state index contributed by atoms with van der Waals surface area (Å²) in [6.07, 6.45) is 2.50.